The van der Waals surface area contributed by atoms with Crippen molar-refractivity contribution in [1.29, 1.82) is 0 Å². The van der Waals surface area contributed by atoms with Crippen molar-refractivity contribution >= 4 is 52.1 Å². The molecule has 372 valence electrons. The topological polar surface area (TPSA) is 187 Å². The number of cyclic esters (lactones) is 1. The molecule has 3 aliphatic heterocycles. The summed E-state index contributed by atoms with van der Waals surface area (Å²) in [5, 5.41) is 23.4. The molecule has 2 saturated heterocycles. The lowest BCUT2D eigenvalue weighted by atomic mass is 9.78. The third kappa shape index (κ3) is 14.7. The van der Waals surface area contributed by atoms with Crippen LogP contribution in [0.2, 0.25) is 0 Å². The number of carbonyl (C=O) groups is 5. The predicted molar refractivity (Wildman–Crippen MR) is 260 cm³/mol. The number of allylic oxidation sites excluding steroid dienone is 6. The summed E-state index contributed by atoms with van der Waals surface area (Å²) in [7, 11) is 4.68. The van der Waals surface area contributed by atoms with E-state index in [1.807, 2.05) is 58.1 Å². The van der Waals surface area contributed by atoms with Gasteiger partial charge in [0.25, 0.3) is 11.7 Å². The zero-order valence-corrected chi connectivity index (χ0v) is 43.2. The van der Waals surface area contributed by atoms with Crippen molar-refractivity contribution in [1.82, 2.24) is 8.43 Å². The van der Waals surface area contributed by atoms with Crippen LogP contribution in [0.3, 0.4) is 0 Å². The van der Waals surface area contributed by atoms with E-state index in [1.54, 1.807) is 41.1 Å². The number of halogens is 1. The number of methoxy groups -OCH3 is 3. The molecule has 66 heavy (non-hydrogen) atoms. The molecular formula is C51H79IN2O12. The lowest BCUT2D eigenvalue weighted by Crippen LogP contribution is -2.61. The minimum absolute atomic E-state index is 0.00331. The van der Waals surface area contributed by atoms with Crippen LogP contribution in [0.5, 0.6) is 0 Å². The van der Waals surface area contributed by atoms with E-state index in [1.165, 1.54) is 12.0 Å². The maximum absolute atomic E-state index is 14.4. The second kappa shape index (κ2) is 26.4. The molecule has 3 fully saturated rings. The number of ether oxygens (including phenoxy) is 5. The number of aliphatic hydroxyl groups is 2. The van der Waals surface area contributed by atoms with Gasteiger partial charge in [0.15, 0.2) is 5.78 Å². The molecule has 14 nitrogen and oxygen atoms in total. The molecule has 1 aliphatic carbocycles. The molecule has 0 aromatic rings. The number of nitrogens with zero attached hydrogens (tertiary/aromatic N) is 1. The molecule has 2 bridgehead atoms. The first-order chi connectivity index (χ1) is 31.3. The fraction of sp³-hybridized carbons (Fsp3) is 0.745. The van der Waals surface area contributed by atoms with Crippen LogP contribution < -0.4 is 3.53 Å². The standard InChI is InChI=1S/C51H79IN2O12/c1-30-16-12-11-13-17-31(2)42(62-8)28-38-21-19-36(7)51(61,66-38)48(58)49(59)54-23-15-14-18-40(54)50(60)65-43(33(4)26-37-20-22-39(53-52)44(27-37)63-9)29-41(55)32(3)25-35(6)46(57)47(64-10)45(56)34(5)24-30/h11-13,16-17,25,30,32-34,36-40,42-44,46-47,53,57,61H,14-15,18-24,26-29H2,1-10H3/b13-11+,16-12+,31-17+,35-25+/t30-,32-,33-,34-,36-,37?,38+,39-,40?,42+,43+,44-,46-,47+,51-/m1/s1. The van der Waals surface area contributed by atoms with Gasteiger partial charge in [0.05, 0.1) is 18.3 Å². The highest BCUT2D eigenvalue weighted by molar-refractivity contribution is 14.1. The fourth-order valence-corrected chi connectivity index (χ4v) is 11.0. The largest absolute Gasteiger partial charge is 0.460 e. The Morgan fingerprint density at radius 1 is 0.894 bits per heavy atom. The summed E-state index contributed by atoms with van der Waals surface area (Å²) in [5.41, 5.74) is 1.29. The number of fused-ring (bicyclic) bond motifs is 3. The first kappa shape index (κ1) is 56.0. The summed E-state index contributed by atoms with van der Waals surface area (Å²) >= 11 is 2.16. The van der Waals surface area contributed by atoms with E-state index >= 15 is 0 Å². The molecular weight excluding hydrogens is 959 g/mol. The number of piperidine rings is 1. The summed E-state index contributed by atoms with van der Waals surface area (Å²) in [5.74, 6) is -7.61. The smallest absolute Gasteiger partial charge is 0.329 e. The van der Waals surface area contributed by atoms with Gasteiger partial charge in [0.1, 0.15) is 30.1 Å². The zero-order chi connectivity index (χ0) is 48.9. The number of Topliss-reactive ketones (excluding diaryl/α,β-unsaturated/α-hetero) is 3. The molecule has 1 saturated carbocycles. The van der Waals surface area contributed by atoms with E-state index in [0.29, 0.717) is 50.5 Å². The van der Waals surface area contributed by atoms with Crippen molar-refractivity contribution in [2.45, 2.75) is 180 Å². The minimum Gasteiger partial charge on any atom is -0.460 e. The average Bonchev–Trinajstić information content (AvgIpc) is 3.30. The Hall–Kier alpha value is -2.64. The average molecular weight is 1040 g/mol. The van der Waals surface area contributed by atoms with Gasteiger partial charge in [0, 0.05) is 87.4 Å². The molecule has 0 spiro atoms. The third-order valence-corrected chi connectivity index (χ3v) is 15.5. The van der Waals surface area contributed by atoms with E-state index in [0.717, 1.165) is 24.8 Å². The Morgan fingerprint density at radius 3 is 2.29 bits per heavy atom. The van der Waals surface area contributed by atoms with E-state index in [4.69, 9.17) is 23.7 Å². The number of ketones is 3. The first-order valence-electron chi connectivity index (χ1n) is 24.1. The Kier molecular flexibility index (Phi) is 22.4. The Balaban J connectivity index is 1.70. The normalized spacial score (nSPS) is 40.0. The summed E-state index contributed by atoms with van der Waals surface area (Å²) in [4.78, 5) is 72.0. The first-order valence-corrected chi connectivity index (χ1v) is 25.2. The van der Waals surface area contributed by atoms with Gasteiger partial charge < -0.3 is 38.8 Å². The number of aliphatic hydroxyl groups excluding tert-OH is 1. The fourth-order valence-electron chi connectivity index (χ4n) is 10.3. The number of nitrogens with one attached hydrogen (secondary N) is 1. The van der Waals surface area contributed by atoms with Crippen molar-refractivity contribution in [3.8, 4) is 0 Å². The van der Waals surface area contributed by atoms with Crippen LogP contribution in [-0.4, -0.2) is 127 Å². The number of carbonyl (C=O) groups excluding carboxylic acids is 5. The number of amides is 1. The van der Waals surface area contributed by atoms with Crippen LogP contribution in [0, 0.1) is 35.5 Å². The molecule has 3 N–H and O–H groups in total. The SMILES string of the molecule is CO[C@H]1C[C@@H]2CC[C@@H](C)[C@@](O)(O2)C(=O)C(=O)N2CCCCC2C(=O)O[C@H]([C@H](C)CC2CC[C@@H](NI)[C@H](OC)C2)CC(=O)[C@H](C)/C=C(\C)[C@@H](O)[C@@H](OC)C(=O)[C@H](C)C[C@H](C)/C=C/C=C/C=C/1C. The van der Waals surface area contributed by atoms with Gasteiger partial charge in [-0.15, -0.1) is 0 Å². The van der Waals surface area contributed by atoms with Crippen LogP contribution in [0.1, 0.15) is 126 Å². The third-order valence-electron chi connectivity index (χ3n) is 14.7. The molecule has 3 heterocycles. The summed E-state index contributed by atoms with van der Waals surface area (Å²) < 4.78 is 33.1. The predicted octanol–water partition coefficient (Wildman–Crippen LogP) is 7.13. The molecule has 0 aromatic carbocycles. The van der Waals surface area contributed by atoms with Gasteiger partial charge in [-0.05, 0) is 107 Å². The highest BCUT2D eigenvalue weighted by Gasteiger charge is 2.53. The molecule has 15 atom stereocenters. The van der Waals surface area contributed by atoms with Crippen molar-refractivity contribution < 1.29 is 57.9 Å². The van der Waals surface area contributed by atoms with Crippen LogP contribution >= 0.6 is 22.9 Å². The Morgan fingerprint density at radius 2 is 1.62 bits per heavy atom. The number of hydrogen-bond acceptors (Lipinski definition) is 13. The van der Waals surface area contributed by atoms with Crippen molar-refractivity contribution in [3.63, 3.8) is 0 Å². The maximum atomic E-state index is 14.4. The van der Waals surface area contributed by atoms with E-state index in [9.17, 15) is 34.2 Å². The maximum Gasteiger partial charge on any atom is 0.329 e. The van der Waals surface area contributed by atoms with Crippen LogP contribution in [-0.2, 0) is 47.7 Å². The zero-order valence-electron chi connectivity index (χ0n) is 41.0. The van der Waals surface area contributed by atoms with Crippen molar-refractivity contribution in [3.05, 3.63) is 47.6 Å². The number of rotatable bonds is 7. The molecule has 0 radical (unpaired) electrons. The number of esters is 1. The van der Waals surface area contributed by atoms with Gasteiger partial charge in [-0.3, -0.25) is 22.7 Å². The van der Waals surface area contributed by atoms with Gasteiger partial charge in [0.2, 0.25) is 5.79 Å². The molecule has 4 aliphatic rings. The van der Waals surface area contributed by atoms with Gasteiger partial charge >= 0.3 is 5.97 Å². The lowest BCUT2D eigenvalue weighted by molar-refractivity contribution is -0.265. The number of hydrogen-bond donors (Lipinski definition) is 3. The Labute approximate surface area is 407 Å². The van der Waals surface area contributed by atoms with E-state index < -0.39 is 77.8 Å². The van der Waals surface area contributed by atoms with Gasteiger partial charge in [-0.25, -0.2) is 4.79 Å². The minimum atomic E-state index is -2.42. The van der Waals surface area contributed by atoms with Crippen LogP contribution in [0.4, 0.5) is 0 Å². The van der Waals surface area contributed by atoms with Crippen LogP contribution in [0.25, 0.3) is 0 Å². The molecule has 2 unspecified atom stereocenters. The summed E-state index contributed by atoms with van der Waals surface area (Å²) in [6.45, 7) is 12.9. The van der Waals surface area contributed by atoms with Crippen molar-refractivity contribution in [2.24, 2.45) is 35.5 Å². The molecule has 4 rings (SSSR count). The second-order valence-electron chi connectivity index (χ2n) is 19.7. The highest BCUT2D eigenvalue weighted by Crippen LogP contribution is 2.38. The summed E-state index contributed by atoms with van der Waals surface area (Å²) in [6, 6.07) is -0.913. The van der Waals surface area contributed by atoms with Gasteiger partial charge in [-0.2, -0.15) is 0 Å². The Bertz CT molecular complexity index is 1780. The monoisotopic (exact) mass is 1040 g/mol. The van der Waals surface area contributed by atoms with Crippen LogP contribution in [0.15, 0.2) is 47.6 Å². The summed E-state index contributed by atoms with van der Waals surface area (Å²) in [6.07, 6.45) is 13.2. The van der Waals surface area contributed by atoms with E-state index in [-0.39, 0.29) is 60.9 Å². The van der Waals surface area contributed by atoms with Crippen molar-refractivity contribution in [2.75, 3.05) is 27.9 Å². The quantitative estimate of drug-likeness (QED) is 0.0770. The second-order valence-corrected chi connectivity index (χ2v) is 20.4. The molecule has 0 aromatic heterocycles. The van der Waals surface area contributed by atoms with E-state index in [2.05, 4.69) is 26.4 Å². The highest BCUT2D eigenvalue weighted by atomic mass is 127. The molecule has 15 heteroatoms. The molecule has 1 amide bonds. The lowest BCUT2D eigenvalue weighted by Gasteiger charge is -2.42. The van der Waals surface area contributed by atoms with Gasteiger partial charge in [-0.1, -0.05) is 71.1 Å².